The van der Waals surface area contributed by atoms with Crippen LogP contribution in [0.25, 0.3) is 10.8 Å². The number of sulfonamides is 1. The molecule has 4 rings (SSSR count). The first kappa shape index (κ1) is 19.8. The minimum Gasteiger partial charge on any atom is -0.303 e. The lowest BCUT2D eigenvalue weighted by Crippen LogP contribution is -2.49. The van der Waals surface area contributed by atoms with E-state index in [9.17, 15) is 8.42 Å². The zero-order chi connectivity index (χ0) is 18.1. The fourth-order valence-corrected chi connectivity index (χ4v) is 5.23. The molecular formula is C21H23ClN2O2S. The number of fused-ring (bicyclic) bond motifs is 1. The van der Waals surface area contributed by atoms with Crippen LogP contribution in [-0.2, 0) is 10.0 Å². The van der Waals surface area contributed by atoms with Gasteiger partial charge < -0.3 is 4.90 Å². The molecule has 0 radical (unpaired) electrons. The Morgan fingerprint density at radius 1 is 0.852 bits per heavy atom. The highest BCUT2D eigenvalue weighted by molar-refractivity contribution is 7.89. The van der Waals surface area contributed by atoms with Gasteiger partial charge in [0.15, 0.2) is 0 Å². The number of nitrogens with zero attached hydrogens (tertiary/aromatic N) is 2. The van der Waals surface area contributed by atoms with Crippen molar-refractivity contribution in [1.82, 2.24) is 9.21 Å². The average molecular weight is 403 g/mol. The van der Waals surface area contributed by atoms with Gasteiger partial charge in [0.05, 0.1) is 10.9 Å². The van der Waals surface area contributed by atoms with Crippen molar-refractivity contribution in [2.45, 2.75) is 10.9 Å². The Kier molecular flexibility index (Phi) is 5.86. The predicted octanol–water partition coefficient (Wildman–Crippen LogP) is 3.94. The normalized spacial score (nSPS) is 18.9. The van der Waals surface area contributed by atoms with Crippen molar-refractivity contribution in [1.29, 1.82) is 0 Å². The van der Waals surface area contributed by atoms with E-state index in [1.54, 1.807) is 16.4 Å². The van der Waals surface area contributed by atoms with Crippen molar-refractivity contribution < 1.29 is 8.42 Å². The maximum atomic E-state index is 13.4. The summed E-state index contributed by atoms with van der Waals surface area (Å²) in [7, 11) is -1.53. The predicted molar refractivity (Wildman–Crippen MR) is 112 cm³/mol. The maximum Gasteiger partial charge on any atom is 0.243 e. The van der Waals surface area contributed by atoms with Crippen LogP contribution in [0.3, 0.4) is 0 Å². The van der Waals surface area contributed by atoms with E-state index in [-0.39, 0.29) is 18.4 Å². The zero-order valence-corrected chi connectivity index (χ0v) is 16.8. The summed E-state index contributed by atoms with van der Waals surface area (Å²) in [5.74, 6) is 0. The molecule has 1 heterocycles. The highest BCUT2D eigenvalue weighted by Gasteiger charge is 2.36. The van der Waals surface area contributed by atoms with Gasteiger partial charge in [-0.3, -0.25) is 0 Å². The number of halogens is 1. The summed E-state index contributed by atoms with van der Waals surface area (Å²) in [5, 5.41) is 1.99. The van der Waals surface area contributed by atoms with Crippen LogP contribution in [0.4, 0.5) is 0 Å². The minimum atomic E-state index is -3.57. The zero-order valence-electron chi connectivity index (χ0n) is 15.2. The molecule has 6 heteroatoms. The van der Waals surface area contributed by atoms with Gasteiger partial charge in [-0.2, -0.15) is 4.31 Å². The number of hydrogen-bond donors (Lipinski definition) is 0. The fourth-order valence-electron chi connectivity index (χ4n) is 3.60. The van der Waals surface area contributed by atoms with Crippen LogP contribution < -0.4 is 0 Å². The molecule has 0 amide bonds. The van der Waals surface area contributed by atoms with E-state index in [0.717, 1.165) is 22.9 Å². The molecule has 0 aliphatic carbocycles. The summed E-state index contributed by atoms with van der Waals surface area (Å²) in [6.45, 7) is 1.91. The van der Waals surface area contributed by atoms with Crippen molar-refractivity contribution in [3.8, 4) is 0 Å². The molecule has 0 spiro atoms. The second-order valence-corrected chi connectivity index (χ2v) is 8.70. The SMILES string of the molecule is CN1CCN(S(=O)(=O)c2ccc3ccccc3c2)C(c2ccccc2)C1.Cl. The maximum absolute atomic E-state index is 13.4. The number of benzene rings is 3. The van der Waals surface area contributed by atoms with Gasteiger partial charge in [0.2, 0.25) is 10.0 Å². The lowest BCUT2D eigenvalue weighted by Gasteiger charge is -2.39. The third-order valence-electron chi connectivity index (χ3n) is 5.05. The van der Waals surface area contributed by atoms with Crippen molar-refractivity contribution in [2.75, 3.05) is 26.7 Å². The Morgan fingerprint density at radius 2 is 1.52 bits per heavy atom. The Balaban J connectivity index is 0.00000210. The summed E-state index contributed by atoms with van der Waals surface area (Å²) in [6.07, 6.45) is 0. The largest absolute Gasteiger partial charge is 0.303 e. The number of hydrogen-bond acceptors (Lipinski definition) is 3. The van der Waals surface area contributed by atoms with Gasteiger partial charge in [0.1, 0.15) is 0 Å². The van der Waals surface area contributed by atoms with Gasteiger partial charge in [-0.05, 0) is 35.5 Å². The summed E-state index contributed by atoms with van der Waals surface area (Å²) in [5.41, 5.74) is 1.03. The molecule has 4 nitrogen and oxygen atoms in total. The van der Waals surface area contributed by atoms with Crippen LogP contribution in [-0.4, -0.2) is 44.3 Å². The molecule has 27 heavy (non-hydrogen) atoms. The molecule has 1 aliphatic rings. The van der Waals surface area contributed by atoms with Gasteiger partial charge in [-0.15, -0.1) is 12.4 Å². The molecule has 0 aromatic heterocycles. The second-order valence-electron chi connectivity index (χ2n) is 6.81. The molecule has 0 N–H and O–H groups in total. The topological polar surface area (TPSA) is 40.6 Å². The van der Waals surface area contributed by atoms with Gasteiger partial charge in [0, 0.05) is 19.6 Å². The Morgan fingerprint density at radius 3 is 2.26 bits per heavy atom. The molecular weight excluding hydrogens is 380 g/mol. The molecule has 1 unspecified atom stereocenters. The molecule has 0 bridgehead atoms. The van der Waals surface area contributed by atoms with E-state index in [1.807, 2.05) is 67.7 Å². The third kappa shape index (κ3) is 3.87. The van der Waals surface area contributed by atoms with Crippen LogP contribution in [0, 0.1) is 0 Å². The van der Waals surface area contributed by atoms with E-state index in [0.29, 0.717) is 18.0 Å². The van der Waals surface area contributed by atoms with Crippen LogP contribution in [0.1, 0.15) is 11.6 Å². The lowest BCUT2D eigenvalue weighted by atomic mass is 10.1. The molecule has 1 saturated heterocycles. The second kappa shape index (κ2) is 7.98. The smallest absolute Gasteiger partial charge is 0.243 e. The van der Waals surface area contributed by atoms with E-state index in [4.69, 9.17) is 0 Å². The summed E-state index contributed by atoms with van der Waals surface area (Å²) < 4.78 is 28.5. The quantitative estimate of drug-likeness (QED) is 0.666. The van der Waals surface area contributed by atoms with E-state index in [1.165, 1.54) is 0 Å². The fraction of sp³-hybridized carbons (Fsp3) is 0.238. The summed E-state index contributed by atoms with van der Waals surface area (Å²) in [4.78, 5) is 2.55. The molecule has 3 aromatic rings. The highest BCUT2D eigenvalue weighted by atomic mass is 35.5. The van der Waals surface area contributed by atoms with Crippen LogP contribution in [0.2, 0.25) is 0 Å². The highest BCUT2D eigenvalue weighted by Crippen LogP contribution is 2.31. The average Bonchev–Trinajstić information content (AvgIpc) is 2.68. The van der Waals surface area contributed by atoms with Gasteiger partial charge >= 0.3 is 0 Å². The monoisotopic (exact) mass is 402 g/mol. The van der Waals surface area contributed by atoms with Crippen molar-refractivity contribution >= 4 is 33.2 Å². The molecule has 1 fully saturated rings. The van der Waals surface area contributed by atoms with Crippen molar-refractivity contribution in [2.24, 2.45) is 0 Å². The van der Waals surface area contributed by atoms with E-state index >= 15 is 0 Å². The van der Waals surface area contributed by atoms with Gasteiger partial charge in [-0.25, -0.2) is 8.42 Å². The third-order valence-corrected chi connectivity index (χ3v) is 6.95. The molecule has 1 aliphatic heterocycles. The Labute approximate surface area is 166 Å². The number of likely N-dealkylation sites (N-methyl/N-ethyl adjacent to an activating group) is 1. The lowest BCUT2D eigenvalue weighted by molar-refractivity contribution is 0.161. The van der Waals surface area contributed by atoms with E-state index in [2.05, 4.69) is 4.90 Å². The standard InChI is InChI=1S/C21H22N2O2S.ClH/c1-22-13-14-23(21(16-22)18-8-3-2-4-9-18)26(24,25)20-12-11-17-7-5-6-10-19(17)15-20;/h2-12,15,21H,13-14,16H2,1H3;1H. The Hall–Kier alpha value is -1.92. The number of rotatable bonds is 3. The van der Waals surface area contributed by atoms with Crippen LogP contribution >= 0.6 is 12.4 Å². The number of piperazine rings is 1. The molecule has 0 saturated carbocycles. The molecule has 3 aromatic carbocycles. The van der Waals surface area contributed by atoms with Gasteiger partial charge in [0.25, 0.3) is 0 Å². The van der Waals surface area contributed by atoms with Crippen molar-refractivity contribution in [3.63, 3.8) is 0 Å². The first-order valence-electron chi connectivity index (χ1n) is 8.80. The van der Waals surface area contributed by atoms with Crippen LogP contribution in [0.5, 0.6) is 0 Å². The molecule has 142 valence electrons. The summed E-state index contributed by atoms with van der Waals surface area (Å²) in [6, 6.07) is 22.9. The van der Waals surface area contributed by atoms with Crippen molar-refractivity contribution in [3.05, 3.63) is 78.4 Å². The van der Waals surface area contributed by atoms with E-state index < -0.39 is 10.0 Å². The minimum absolute atomic E-state index is 0. The Bertz CT molecular complexity index is 1020. The first-order chi connectivity index (χ1) is 12.6. The summed E-state index contributed by atoms with van der Waals surface area (Å²) >= 11 is 0. The van der Waals surface area contributed by atoms with Gasteiger partial charge in [-0.1, -0.05) is 60.7 Å². The molecule has 1 atom stereocenters. The van der Waals surface area contributed by atoms with Crippen LogP contribution in [0.15, 0.2) is 77.7 Å². The first-order valence-corrected chi connectivity index (χ1v) is 10.2.